The molecular weight excluding hydrogens is 186 g/mol. The summed E-state index contributed by atoms with van der Waals surface area (Å²) in [5.74, 6) is 0.788. The molecule has 1 aliphatic rings. The zero-order valence-electron chi connectivity index (χ0n) is 9.74. The molecule has 3 nitrogen and oxygen atoms in total. The van der Waals surface area contributed by atoms with Crippen LogP contribution in [0.15, 0.2) is 12.4 Å². The molecule has 1 saturated carbocycles. The molecule has 2 atom stereocenters. The third kappa shape index (κ3) is 2.40. The number of nitrogens with zero attached hydrogens (tertiary/aromatic N) is 2. The van der Waals surface area contributed by atoms with E-state index < -0.39 is 0 Å². The first kappa shape index (κ1) is 10.7. The van der Waals surface area contributed by atoms with Crippen molar-refractivity contribution in [3.05, 3.63) is 18.0 Å². The molecule has 84 valence electrons. The Labute approximate surface area is 91.7 Å². The Morgan fingerprint density at radius 3 is 3.00 bits per heavy atom. The Kier molecular flexibility index (Phi) is 2.83. The summed E-state index contributed by atoms with van der Waals surface area (Å²) < 4.78 is 1.97. The highest BCUT2D eigenvalue weighted by atomic mass is 15.3. The summed E-state index contributed by atoms with van der Waals surface area (Å²) in [5.41, 5.74) is 7.71. The second kappa shape index (κ2) is 3.97. The van der Waals surface area contributed by atoms with Gasteiger partial charge >= 0.3 is 0 Å². The molecule has 2 N–H and O–H groups in total. The predicted molar refractivity (Wildman–Crippen MR) is 61.5 cm³/mol. The van der Waals surface area contributed by atoms with Crippen LogP contribution in [0.3, 0.4) is 0 Å². The Bertz CT molecular complexity index is 331. The van der Waals surface area contributed by atoms with Crippen LogP contribution in [-0.2, 0) is 13.0 Å². The van der Waals surface area contributed by atoms with E-state index >= 15 is 0 Å². The van der Waals surface area contributed by atoms with E-state index in [9.17, 15) is 0 Å². The molecule has 0 aliphatic heterocycles. The van der Waals surface area contributed by atoms with Gasteiger partial charge in [-0.25, -0.2) is 0 Å². The van der Waals surface area contributed by atoms with Gasteiger partial charge in [-0.05, 0) is 44.1 Å². The minimum atomic E-state index is 0.0288. The minimum absolute atomic E-state index is 0.0288. The quantitative estimate of drug-likeness (QED) is 0.823. The summed E-state index contributed by atoms with van der Waals surface area (Å²) in [7, 11) is 0. The standard InChI is InChI=1S/C12H21N3/c1-3-15-9-11(8-14-15)7-12(13)5-4-10(2)6-12/h8-10H,3-7,13H2,1-2H3. The summed E-state index contributed by atoms with van der Waals surface area (Å²) in [6.07, 6.45) is 8.66. The van der Waals surface area contributed by atoms with E-state index in [4.69, 9.17) is 5.73 Å². The second-order valence-electron chi connectivity index (χ2n) is 5.09. The van der Waals surface area contributed by atoms with Gasteiger partial charge in [0, 0.05) is 18.3 Å². The minimum Gasteiger partial charge on any atom is -0.325 e. The van der Waals surface area contributed by atoms with Crippen LogP contribution < -0.4 is 5.73 Å². The summed E-state index contributed by atoms with van der Waals surface area (Å²) in [5, 5.41) is 4.29. The van der Waals surface area contributed by atoms with Crippen LogP contribution in [-0.4, -0.2) is 15.3 Å². The van der Waals surface area contributed by atoms with Gasteiger partial charge in [0.15, 0.2) is 0 Å². The van der Waals surface area contributed by atoms with Crippen molar-refractivity contribution in [3.8, 4) is 0 Å². The van der Waals surface area contributed by atoms with Crippen molar-refractivity contribution >= 4 is 0 Å². The third-order valence-corrected chi connectivity index (χ3v) is 3.46. The van der Waals surface area contributed by atoms with Crippen molar-refractivity contribution in [3.63, 3.8) is 0 Å². The first-order valence-corrected chi connectivity index (χ1v) is 5.91. The lowest BCUT2D eigenvalue weighted by molar-refractivity contribution is 0.419. The van der Waals surface area contributed by atoms with Gasteiger partial charge in [0.25, 0.3) is 0 Å². The van der Waals surface area contributed by atoms with Gasteiger partial charge in [0.2, 0.25) is 0 Å². The number of aromatic nitrogens is 2. The largest absolute Gasteiger partial charge is 0.325 e. The first-order valence-electron chi connectivity index (χ1n) is 5.91. The molecule has 1 aromatic rings. The van der Waals surface area contributed by atoms with Gasteiger partial charge < -0.3 is 5.73 Å². The Hall–Kier alpha value is -0.830. The molecule has 1 aromatic heterocycles. The fourth-order valence-corrected chi connectivity index (χ4v) is 2.67. The molecular formula is C12H21N3. The molecule has 2 unspecified atom stereocenters. The van der Waals surface area contributed by atoms with Gasteiger partial charge in [0.05, 0.1) is 6.20 Å². The van der Waals surface area contributed by atoms with Gasteiger partial charge in [-0.15, -0.1) is 0 Å². The SMILES string of the molecule is CCn1cc(CC2(N)CCC(C)C2)cn1. The molecule has 3 heteroatoms. The average molecular weight is 207 g/mol. The third-order valence-electron chi connectivity index (χ3n) is 3.46. The van der Waals surface area contributed by atoms with Gasteiger partial charge in [-0.3, -0.25) is 4.68 Å². The Morgan fingerprint density at radius 1 is 1.67 bits per heavy atom. The van der Waals surface area contributed by atoms with E-state index in [0.717, 1.165) is 31.7 Å². The molecule has 1 fully saturated rings. The maximum absolute atomic E-state index is 6.40. The van der Waals surface area contributed by atoms with E-state index in [1.165, 1.54) is 12.0 Å². The van der Waals surface area contributed by atoms with Crippen LogP contribution in [0.1, 0.15) is 38.7 Å². The highest BCUT2D eigenvalue weighted by molar-refractivity contribution is 5.11. The Balaban J connectivity index is 2.02. The van der Waals surface area contributed by atoms with Crippen LogP contribution in [0.5, 0.6) is 0 Å². The van der Waals surface area contributed by atoms with Crippen LogP contribution in [0.2, 0.25) is 0 Å². The monoisotopic (exact) mass is 207 g/mol. The Morgan fingerprint density at radius 2 is 2.47 bits per heavy atom. The highest BCUT2D eigenvalue weighted by Gasteiger charge is 2.33. The van der Waals surface area contributed by atoms with E-state index in [0.29, 0.717) is 0 Å². The fourth-order valence-electron chi connectivity index (χ4n) is 2.67. The van der Waals surface area contributed by atoms with Gasteiger partial charge in [-0.1, -0.05) is 6.92 Å². The normalized spacial score (nSPS) is 31.0. The second-order valence-corrected chi connectivity index (χ2v) is 5.09. The summed E-state index contributed by atoms with van der Waals surface area (Å²) >= 11 is 0. The summed E-state index contributed by atoms with van der Waals surface area (Å²) in [6.45, 7) is 5.34. The molecule has 1 aliphatic carbocycles. The van der Waals surface area contributed by atoms with Crippen LogP contribution in [0, 0.1) is 5.92 Å². The van der Waals surface area contributed by atoms with E-state index in [1.54, 1.807) is 0 Å². The van der Waals surface area contributed by atoms with Crippen molar-refractivity contribution in [2.24, 2.45) is 11.7 Å². The molecule has 0 radical (unpaired) electrons. The molecule has 15 heavy (non-hydrogen) atoms. The lowest BCUT2D eigenvalue weighted by atomic mass is 9.91. The molecule has 1 heterocycles. The zero-order chi connectivity index (χ0) is 10.9. The molecule has 2 rings (SSSR count). The van der Waals surface area contributed by atoms with Crippen molar-refractivity contribution in [2.45, 2.75) is 51.6 Å². The summed E-state index contributed by atoms with van der Waals surface area (Å²) in [4.78, 5) is 0. The maximum Gasteiger partial charge on any atom is 0.0522 e. The summed E-state index contributed by atoms with van der Waals surface area (Å²) in [6, 6.07) is 0. The number of hydrogen-bond acceptors (Lipinski definition) is 2. The van der Waals surface area contributed by atoms with Gasteiger partial charge in [-0.2, -0.15) is 5.10 Å². The highest BCUT2D eigenvalue weighted by Crippen LogP contribution is 2.34. The average Bonchev–Trinajstić information content (AvgIpc) is 2.74. The van der Waals surface area contributed by atoms with E-state index in [-0.39, 0.29) is 5.54 Å². The number of nitrogens with two attached hydrogens (primary N) is 1. The maximum atomic E-state index is 6.40. The molecule has 0 bridgehead atoms. The number of aryl methyl sites for hydroxylation is 1. The molecule has 0 amide bonds. The fraction of sp³-hybridized carbons (Fsp3) is 0.750. The molecule has 0 saturated heterocycles. The lowest BCUT2D eigenvalue weighted by Crippen LogP contribution is -2.39. The van der Waals surface area contributed by atoms with Crippen molar-refractivity contribution in [1.29, 1.82) is 0 Å². The number of hydrogen-bond donors (Lipinski definition) is 1. The smallest absolute Gasteiger partial charge is 0.0522 e. The molecule has 0 spiro atoms. The van der Waals surface area contributed by atoms with Crippen molar-refractivity contribution < 1.29 is 0 Å². The van der Waals surface area contributed by atoms with Crippen molar-refractivity contribution in [1.82, 2.24) is 9.78 Å². The van der Waals surface area contributed by atoms with Crippen LogP contribution in [0.25, 0.3) is 0 Å². The van der Waals surface area contributed by atoms with Crippen LogP contribution >= 0.6 is 0 Å². The van der Waals surface area contributed by atoms with E-state index in [1.807, 2.05) is 10.9 Å². The predicted octanol–water partition coefficient (Wildman–Crippen LogP) is 1.96. The van der Waals surface area contributed by atoms with E-state index in [2.05, 4.69) is 25.1 Å². The zero-order valence-corrected chi connectivity index (χ0v) is 9.74. The lowest BCUT2D eigenvalue weighted by Gasteiger charge is -2.23. The number of rotatable bonds is 3. The van der Waals surface area contributed by atoms with Crippen LogP contribution in [0.4, 0.5) is 0 Å². The first-order chi connectivity index (χ1) is 7.11. The topological polar surface area (TPSA) is 43.8 Å². The van der Waals surface area contributed by atoms with Crippen molar-refractivity contribution in [2.75, 3.05) is 0 Å². The van der Waals surface area contributed by atoms with Gasteiger partial charge in [0.1, 0.15) is 0 Å². The molecule has 0 aromatic carbocycles.